The zero-order chi connectivity index (χ0) is 14.2. The van der Waals surface area contributed by atoms with Gasteiger partial charge in [-0.1, -0.05) is 20.3 Å². The largest absolute Gasteiger partial charge is 0.338 e. The SMILES string of the molecule is CC1(C)CCCNC1C(=O)N1CCN2CCCCC2C1. The number of hydrogen-bond acceptors (Lipinski definition) is 3. The first-order valence-electron chi connectivity index (χ1n) is 8.34. The van der Waals surface area contributed by atoms with E-state index in [9.17, 15) is 4.79 Å². The van der Waals surface area contributed by atoms with Gasteiger partial charge in [0, 0.05) is 25.7 Å². The molecule has 0 aliphatic carbocycles. The van der Waals surface area contributed by atoms with Gasteiger partial charge < -0.3 is 10.2 Å². The Morgan fingerprint density at radius 1 is 1.15 bits per heavy atom. The maximum absolute atomic E-state index is 12.9. The van der Waals surface area contributed by atoms with Crippen LogP contribution in [0, 0.1) is 5.41 Å². The minimum Gasteiger partial charge on any atom is -0.338 e. The van der Waals surface area contributed by atoms with Gasteiger partial charge in [-0.2, -0.15) is 0 Å². The molecule has 0 aromatic carbocycles. The van der Waals surface area contributed by atoms with E-state index < -0.39 is 0 Å². The van der Waals surface area contributed by atoms with E-state index in [0.29, 0.717) is 11.9 Å². The Balaban J connectivity index is 1.65. The number of rotatable bonds is 1. The zero-order valence-corrected chi connectivity index (χ0v) is 13.0. The molecule has 1 amide bonds. The second-order valence-electron chi connectivity index (χ2n) is 7.45. The topological polar surface area (TPSA) is 35.6 Å². The van der Waals surface area contributed by atoms with Gasteiger partial charge in [0.1, 0.15) is 0 Å². The van der Waals surface area contributed by atoms with Crippen molar-refractivity contribution < 1.29 is 4.79 Å². The van der Waals surface area contributed by atoms with Crippen LogP contribution in [-0.4, -0.2) is 60.5 Å². The molecule has 3 aliphatic heterocycles. The van der Waals surface area contributed by atoms with Crippen LogP contribution in [0.25, 0.3) is 0 Å². The highest BCUT2D eigenvalue weighted by Crippen LogP contribution is 2.32. The fraction of sp³-hybridized carbons (Fsp3) is 0.938. The molecule has 0 saturated carbocycles. The summed E-state index contributed by atoms with van der Waals surface area (Å²) < 4.78 is 0. The minimum atomic E-state index is 0.0198. The van der Waals surface area contributed by atoms with Crippen molar-refractivity contribution >= 4 is 5.91 Å². The van der Waals surface area contributed by atoms with Crippen molar-refractivity contribution in [1.82, 2.24) is 15.1 Å². The van der Waals surface area contributed by atoms with Gasteiger partial charge in [-0.3, -0.25) is 9.69 Å². The first-order valence-corrected chi connectivity index (χ1v) is 8.34. The van der Waals surface area contributed by atoms with Crippen LogP contribution in [0.15, 0.2) is 0 Å². The van der Waals surface area contributed by atoms with Crippen molar-refractivity contribution in [2.24, 2.45) is 5.41 Å². The Labute approximate surface area is 122 Å². The van der Waals surface area contributed by atoms with Crippen LogP contribution in [0.1, 0.15) is 46.0 Å². The molecule has 0 aromatic rings. The van der Waals surface area contributed by atoms with Crippen LogP contribution in [0.3, 0.4) is 0 Å². The fourth-order valence-corrected chi connectivity index (χ4v) is 4.17. The van der Waals surface area contributed by atoms with Gasteiger partial charge in [-0.05, 0) is 44.2 Å². The minimum absolute atomic E-state index is 0.0198. The Bertz CT molecular complexity index is 369. The van der Waals surface area contributed by atoms with Crippen LogP contribution in [0.2, 0.25) is 0 Å². The van der Waals surface area contributed by atoms with Gasteiger partial charge in [0.25, 0.3) is 0 Å². The van der Waals surface area contributed by atoms with Gasteiger partial charge in [0.2, 0.25) is 5.91 Å². The molecule has 3 heterocycles. The average Bonchev–Trinajstić information content (AvgIpc) is 2.45. The van der Waals surface area contributed by atoms with Crippen LogP contribution in [-0.2, 0) is 4.79 Å². The third-order valence-electron chi connectivity index (χ3n) is 5.52. The third-order valence-corrected chi connectivity index (χ3v) is 5.52. The predicted molar refractivity (Wildman–Crippen MR) is 80.6 cm³/mol. The van der Waals surface area contributed by atoms with Gasteiger partial charge in [-0.15, -0.1) is 0 Å². The monoisotopic (exact) mass is 279 g/mol. The van der Waals surface area contributed by atoms with Crippen molar-refractivity contribution in [3.8, 4) is 0 Å². The molecule has 20 heavy (non-hydrogen) atoms. The Kier molecular flexibility index (Phi) is 4.04. The summed E-state index contributed by atoms with van der Waals surface area (Å²) in [6.07, 6.45) is 6.27. The molecule has 0 radical (unpaired) electrons. The summed E-state index contributed by atoms with van der Waals surface area (Å²) in [4.78, 5) is 17.6. The number of hydrogen-bond donors (Lipinski definition) is 1. The second kappa shape index (κ2) is 5.64. The molecule has 4 heteroatoms. The highest BCUT2D eigenvalue weighted by Gasteiger charge is 2.41. The summed E-state index contributed by atoms with van der Waals surface area (Å²) in [6, 6.07) is 0.638. The molecule has 4 nitrogen and oxygen atoms in total. The molecule has 2 atom stereocenters. The molecule has 3 rings (SSSR count). The van der Waals surface area contributed by atoms with E-state index in [4.69, 9.17) is 0 Å². The first kappa shape index (κ1) is 14.3. The highest BCUT2D eigenvalue weighted by molar-refractivity contribution is 5.83. The van der Waals surface area contributed by atoms with E-state index in [-0.39, 0.29) is 11.5 Å². The number of piperidine rings is 2. The third kappa shape index (κ3) is 2.73. The van der Waals surface area contributed by atoms with Crippen LogP contribution < -0.4 is 5.32 Å². The normalized spacial score (nSPS) is 34.6. The number of nitrogens with one attached hydrogen (secondary N) is 1. The molecule has 3 saturated heterocycles. The molecule has 0 bridgehead atoms. The van der Waals surface area contributed by atoms with Gasteiger partial charge in [0.05, 0.1) is 6.04 Å². The van der Waals surface area contributed by atoms with Gasteiger partial charge in [-0.25, -0.2) is 0 Å². The molecule has 3 aliphatic rings. The van der Waals surface area contributed by atoms with E-state index in [2.05, 4.69) is 29.0 Å². The molecule has 0 aromatic heterocycles. The van der Waals surface area contributed by atoms with Crippen molar-refractivity contribution in [2.45, 2.75) is 58.0 Å². The number of carbonyl (C=O) groups excluding carboxylic acids is 1. The summed E-state index contributed by atoms with van der Waals surface area (Å²) in [5.74, 6) is 0.347. The van der Waals surface area contributed by atoms with Crippen LogP contribution >= 0.6 is 0 Å². The van der Waals surface area contributed by atoms with E-state index in [1.807, 2.05) is 0 Å². The quantitative estimate of drug-likeness (QED) is 0.789. The van der Waals surface area contributed by atoms with Gasteiger partial charge >= 0.3 is 0 Å². The summed E-state index contributed by atoms with van der Waals surface area (Å²) in [5, 5.41) is 3.47. The Morgan fingerprint density at radius 2 is 2.00 bits per heavy atom. The van der Waals surface area contributed by atoms with Crippen LogP contribution in [0.5, 0.6) is 0 Å². The molecule has 0 spiro atoms. The summed E-state index contributed by atoms with van der Waals surface area (Å²) in [5.41, 5.74) is 0.0963. The predicted octanol–water partition coefficient (Wildman–Crippen LogP) is 1.46. The standard InChI is InChI=1S/C16H29N3O/c1-16(2)7-5-8-17-14(16)15(20)19-11-10-18-9-4-3-6-13(18)12-19/h13-14,17H,3-12H2,1-2H3. The van der Waals surface area contributed by atoms with Crippen LogP contribution in [0.4, 0.5) is 0 Å². The van der Waals surface area contributed by atoms with Crippen molar-refractivity contribution in [3.63, 3.8) is 0 Å². The lowest BCUT2D eigenvalue weighted by molar-refractivity contribution is -0.141. The lowest BCUT2D eigenvalue weighted by atomic mass is 9.77. The van der Waals surface area contributed by atoms with Crippen molar-refractivity contribution in [1.29, 1.82) is 0 Å². The van der Waals surface area contributed by atoms with Crippen molar-refractivity contribution in [2.75, 3.05) is 32.7 Å². The number of nitrogens with zero attached hydrogens (tertiary/aromatic N) is 2. The van der Waals surface area contributed by atoms with E-state index in [1.54, 1.807) is 0 Å². The summed E-state index contributed by atoms with van der Waals surface area (Å²) in [7, 11) is 0. The summed E-state index contributed by atoms with van der Waals surface area (Å²) in [6.45, 7) is 9.64. The van der Waals surface area contributed by atoms with E-state index >= 15 is 0 Å². The Hall–Kier alpha value is -0.610. The number of fused-ring (bicyclic) bond motifs is 1. The lowest BCUT2D eigenvalue weighted by Crippen LogP contribution is -2.62. The summed E-state index contributed by atoms with van der Waals surface area (Å²) >= 11 is 0. The maximum atomic E-state index is 12.9. The van der Waals surface area contributed by atoms with E-state index in [0.717, 1.165) is 32.6 Å². The maximum Gasteiger partial charge on any atom is 0.240 e. The number of amides is 1. The number of piperazine rings is 1. The lowest BCUT2D eigenvalue weighted by Gasteiger charge is -2.47. The van der Waals surface area contributed by atoms with Crippen molar-refractivity contribution in [3.05, 3.63) is 0 Å². The molecule has 114 valence electrons. The highest BCUT2D eigenvalue weighted by atomic mass is 16.2. The average molecular weight is 279 g/mol. The van der Waals surface area contributed by atoms with Gasteiger partial charge in [0.15, 0.2) is 0 Å². The molecular weight excluding hydrogens is 250 g/mol. The molecule has 1 N–H and O–H groups in total. The Morgan fingerprint density at radius 3 is 2.80 bits per heavy atom. The number of carbonyl (C=O) groups is 1. The molecule has 3 fully saturated rings. The van der Waals surface area contributed by atoms with E-state index in [1.165, 1.54) is 32.2 Å². The zero-order valence-electron chi connectivity index (χ0n) is 13.0. The second-order valence-corrected chi connectivity index (χ2v) is 7.45. The molecule has 2 unspecified atom stereocenters. The molecular formula is C16H29N3O. The smallest absolute Gasteiger partial charge is 0.240 e. The first-order chi connectivity index (χ1) is 9.58. The fourth-order valence-electron chi connectivity index (χ4n) is 4.17.